The highest BCUT2D eigenvalue weighted by atomic mass is 32.1. The number of nitrogens with one attached hydrogen (secondary N) is 1. The molecule has 0 bridgehead atoms. The summed E-state index contributed by atoms with van der Waals surface area (Å²) >= 11 is 1.38. The van der Waals surface area contributed by atoms with Crippen LogP contribution in [-0.4, -0.2) is 30.5 Å². The molecule has 1 aliphatic rings. The number of nitrogens with zero attached hydrogens (tertiary/aromatic N) is 2. The zero-order valence-electron chi connectivity index (χ0n) is 13.4. The molecule has 1 fully saturated rings. The molecule has 1 atom stereocenters. The zero-order chi connectivity index (χ0) is 15.6. The smallest absolute Gasteiger partial charge is 0.265 e. The van der Waals surface area contributed by atoms with Gasteiger partial charge in [0, 0.05) is 19.6 Å². The van der Waals surface area contributed by atoms with E-state index in [1.165, 1.54) is 17.8 Å². The third-order valence-corrected chi connectivity index (χ3v) is 5.48. The number of amides is 1. The van der Waals surface area contributed by atoms with E-state index in [2.05, 4.69) is 31.1 Å². The SMILES string of the molecule is CCCN(C)c1nc(N)c(C(=O)NC2CCCC2(C)C)s1. The number of nitrogen functional groups attached to an aromatic ring is 1. The highest BCUT2D eigenvalue weighted by Crippen LogP contribution is 2.37. The molecule has 0 aliphatic heterocycles. The van der Waals surface area contributed by atoms with Crippen molar-refractivity contribution in [2.45, 2.75) is 52.5 Å². The topological polar surface area (TPSA) is 71.2 Å². The first-order chi connectivity index (χ1) is 9.85. The van der Waals surface area contributed by atoms with Gasteiger partial charge in [0.15, 0.2) is 5.13 Å². The maximum atomic E-state index is 12.5. The van der Waals surface area contributed by atoms with Crippen LogP contribution in [0, 0.1) is 5.41 Å². The molecule has 1 aliphatic carbocycles. The fourth-order valence-electron chi connectivity index (χ4n) is 2.90. The predicted octanol–water partition coefficient (Wildman–Crippen LogP) is 2.88. The summed E-state index contributed by atoms with van der Waals surface area (Å²) in [5, 5.41) is 3.95. The van der Waals surface area contributed by atoms with E-state index in [0.29, 0.717) is 10.7 Å². The average Bonchev–Trinajstić information content (AvgIpc) is 2.93. The summed E-state index contributed by atoms with van der Waals surface area (Å²) in [6.07, 6.45) is 4.40. The maximum Gasteiger partial charge on any atom is 0.265 e. The molecule has 0 spiro atoms. The van der Waals surface area contributed by atoms with Crippen LogP contribution in [0.3, 0.4) is 0 Å². The van der Waals surface area contributed by atoms with Crippen molar-refractivity contribution in [3.05, 3.63) is 4.88 Å². The number of thiazole rings is 1. The lowest BCUT2D eigenvalue weighted by Crippen LogP contribution is -2.41. The van der Waals surface area contributed by atoms with Gasteiger partial charge in [-0.2, -0.15) is 0 Å². The van der Waals surface area contributed by atoms with Gasteiger partial charge in [-0.25, -0.2) is 4.98 Å². The highest BCUT2D eigenvalue weighted by Gasteiger charge is 2.36. The molecule has 1 saturated carbocycles. The molecule has 118 valence electrons. The van der Waals surface area contributed by atoms with Gasteiger partial charge in [0.05, 0.1) is 0 Å². The van der Waals surface area contributed by atoms with Crippen molar-refractivity contribution in [3.63, 3.8) is 0 Å². The summed E-state index contributed by atoms with van der Waals surface area (Å²) in [4.78, 5) is 19.4. The molecular formula is C15H26N4OS. The third-order valence-electron chi connectivity index (χ3n) is 4.30. The lowest BCUT2D eigenvalue weighted by molar-refractivity contribution is 0.0915. The Morgan fingerprint density at radius 3 is 2.86 bits per heavy atom. The van der Waals surface area contributed by atoms with E-state index in [-0.39, 0.29) is 17.4 Å². The van der Waals surface area contributed by atoms with Gasteiger partial charge in [-0.1, -0.05) is 38.5 Å². The Labute approximate surface area is 130 Å². The first kappa shape index (κ1) is 16.1. The highest BCUT2D eigenvalue weighted by molar-refractivity contribution is 7.18. The molecule has 1 heterocycles. The molecule has 6 heteroatoms. The monoisotopic (exact) mass is 310 g/mol. The Kier molecular flexibility index (Phi) is 4.76. The Hall–Kier alpha value is -1.30. The Balaban J connectivity index is 2.09. The number of anilines is 2. The molecule has 1 aromatic heterocycles. The number of carbonyl (C=O) groups excluding carboxylic acids is 1. The fraction of sp³-hybridized carbons (Fsp3) is 0.733. The van der Waals surface area contributed by atoms with Crippen LogP contribution in [-0.2, 0) is 0 Å². The van der Waals surface area contributed by atoms with Gasteiger partial charge in [-0.3, -0.25) is 4.79 Å². The van der Waals surface area contributed by atoms with E-state index >= 15 is 0 Å². The normalized spacial score (nSPS) is 20.5. The van der Waals surface area contributed by atoms with Gasteiger partial charge in [0.2, 0.25) is 0 Å². The Morgan fingerprint density at radius 1 is 1.57 bits per heavy atom. The van der Waals surface area contributed by atoms with E-state index in [1.54, 1.807) is 0 Å². The van der Waals surface area contributed by atoms with E-state index in [4.69, 9.17) is 5.73 Å². The van der Waals surface area contributed by atoms with Crippen molar-refractivity contribution < 1.29 is 4.79 Å². The molecule has 2 rings (SSSR count). The summed E-state index contributed by atoms with van der Waals surface area (Å²) in [5.41, 5.74) is 6.09. The number of hydrogen-bond acceptors (Lipinski definition) is 5. The minimum atomic E-state index is -0.0823. The molecule has 0 radical (unpaired) electrons. The minimum Gasteiger partial charge on any atom is -0.382 e. The molecule has 5 nitrogen and oxygen atoms in total. The van der Waals surface area contributed by atoms with Crippen molar-refractivity contribution >= 4 is 28.2 Å². The van der Waals surface area contributed by atoms with Crippen LogP contribution in [0.5, 0.6) is 0 Å². The van der Waals surface area contributed by atoms with Crippen molar-refractivity contribution in [1.29, 1.82) is 0 Å². The number of hydrogen-bond donors (Lipinski definition) is 2. The third kappa shape index (κ3) is 3.48. The van der Waals surface area contributed by atoms with Gasteiger partial charge < -0.3 is 16.0 Å². The van der Waals surface area contributed by atoms with Crippen molar-refractivity contribution in [1.82, 2.24) is 10.3 Å². The van der Waals surface area contributed by atoms with Gasteiger partial charge in [0.25, 0.3) is 5.91 Å². The van der Waals surface area contributed by atoms with Crippen LogP contribution in [0.2, 0.25) is 0 Å². The summed E-state index contributed by atoms with van der Waals surface area (Å²) in [6.45, 7) is 7.44. The lowest BCUT2D eigenvalue weighted by atomic mass is 9.87. The predicted molar refractivity (Wildman–Crippen MR) is 89.0 cm³/mol. The number of nitrogens with two attached hydrogens (primary N) is 1. The molecule has 1 amide bonds. The van der Waals surface area contributed by atoms with Crippen LogP contribution in [0.15, 0.2) is 0 Å². The second-order valence-corrected chi connectivity index (χ2v) is 7.52. The number of aromatic nitrogens is 1. The molecule has 21 heavy (non-hydrogen) atoms. The molecule has 0 saturated heterocycles. The molecular weight excluding hydrogens is 284 g/mol. The van der Waals surface area contributed by atoms with Gasteiger partial charge in [-0.15, -0.1) is 0 Å². The van der Waals surface area contributed by atoms with Crippen LogP contribution in [0.25, 0.3) is 0 Å². The van der Waals surface area contributed by atoms with Crippen LogP contribution >= 0.6 is 11.3 Å². The summed E-state index contributed by atoms with van der Waals surface area (Å²) in [7, 11) is 1.98. The summed E-state index contributed by atoms with van der Waals surface area (Å²) in [5.74, 6) is 0.257. The van der Waals surface area contributed by atoms with Gasteiger partial charge in [-0.05, 0) is 24.7 Å². The van der Waals surface area contributed by atoms with E-state index < -0.39 is 0 Å². The molecule has 0 aromatic carbocycles. The average molecular weight is 310 g/mol. The first-order valence-corrected chi connectivity index (χ1v) is 8.45. The maximum absolute atomic E-state index is 12.5. The van der Waals surface area contributed by atoms with E-state index in [9.17, 15) is 4.79 Å². The lowest BCUT2D eigenvalue weighted by Gasteiger charge is -2.27. The molecule has 1 aromatic rings. The second kappa shape index (κ2) is 6.22. The van der Waals surface area contributed by atoms with E-state index in [1.807, 2.05) is 11.9 Å². The van der Waals surface area contributed by atoms with Crippen molar-refractivity contribution in [2.24, 2.45) is 5.41 Å². The first-order valence-electron chi connectivity index (χ1n) is 7.63. The zero-order valence-corrected chi connectivity index (χ0v) is 14.2. The molecule has 3 N–H and O–H groups in total. The number of carbonyl (C=O) groups is 1. The van der Waals surface area contributed by atoms with Crippen LogP contribution in [0.4, 0.5) is 10.9 Å². The van der Waals surface area contributed by atoms with Crippen LogP contribution in [0.1, 0.15) is 56.1 Å². The minimum absolute atomic E-state index is 0.0823. The van der Waals surface area contributed by atoms with Crippen molar-refractivity contribution in [2.75, 3.05) is 24.2 Å². The molecule has 1 unspecified atom stereocenters. The standard InChI is InChI=1S/C15H26N4OS/c1-5-9-19(4)14-18-12(16)11(21-14)13(20)17-10-7-6-8-15(10,2)3/h10H,5-9,16H2,1-4H3,(H,17,20). The summed E-state index contributed by atoms with van der Waals surface area (Å²) in [6, 6.07) is 0.225. The Bertz CT molecular complexity index is 512. The number of rotatable bonds is 5. The van der Waals surface area contributed by atoms with Gasteiger partial charge in [0.1, 0.15) is 10.7 Å². The Morgan fingerprint density at radius 2 is 2.29 bits per heavy atom. The van der Waals surface area contributed by atoms with Crippen LogP contribution < -0.4 is 16.0 Å². The van der Waals surface area contributed by atoms with Gasteiger partial charge >= 0.3 is 0 Å². The van der Waals surface area contributed by atoms with Crippen molar-refractivity contribution in [3.8, 4) is 0 Å². The summed E-state index contributed by atoms with van der Waals surface area (Å²) < 4.78 is 0. The largest absolute Gasteiger partial charge is 0.382 e. The quantitative estimate of drug-likeness (QED) is 0.877. The van der Waals surface area contributed by atoms with E-state index in [0.717, 1.165) is 30.9 Å². The second-order valence-electron chi connectivity index (χ2n) is 6.54. The fourth-order valence-corrected chi connectivity index (χ4v) is 3.77.